The predicted octanol–water partition coefficient (Wildman–Crippen LogP) is 0.740. The van der Waals surface area contributed by atoms with Gasteiger partial charge < -0.3 is 13.9 Å². The van der Waals surface area contributed by atoms with E-state index < -0.39 is 17.8 Å². The summed E-state index contributed by atoms with van der Waals surface area (Å²) in [6.07, 6.45) is 1.52. The van der Waals surface area contributed by atoms with E-state index in [0.29, 0.717) is 17.8 Å². The molecule has 1 unspecified atom stereocenters. The van der Waals surface area contributed by atoms with Gasteiger partial charge in [-0.3, -0.25) is 0 Å². The molecule has 0 aromatic carbocycles. The summed E-state index contributed by atoms with van der Waals surface area (Å²) in [4.78, 5) is 27.6. The highest BCUT2D eigenvalue weighted by atomic mass is 16.6. The number of carbonyl (C=O) groups is 1. The number of nitrogens with zero attached hydrogens (tertiary/aromatic N) is 2. The second-order valence-corrected chi connectivity index (χ2v) is 3.90. The van der Waals surface area contributed by atoms with Gasteiger partial charge in [0.15, 0.2) is 11.2 Å². The molecule has 7 heteroatoms. The lowest BCUT2D eigenvalue weighted by atomic mass is 10.3. The molecule has 0 spiro atoms. The molecule has 2 aromatic rings. The first-order valence-corrected chi connectivity index (χ1v) is 5.76. The maximum atomic E-state index is 11.8. The Bertz CT molecular complexity index is 630. The van der Waals surface area contributed by atoms with Crippen molar-refractivity contribution in [3.05, 3.63) is 28.9 Å². The Morgan fingerprint density at radius 1 is 1.53 bits per heavy atom. The van der Waals surface area contributed by atoms with E-state index in [2.05, 4.69) is 4.98 Å². The van der Waals surface area contributed by atoms with Crippen molar-refractivity contribution in [3.8, 4) is 0 Å². The summed E-state index contributed by atoms with van der Waals surface area (Å²) in [6, 6.07) is 2.46. The number of rotatable bonds is 5. The molecular weight excluding hydrogens is 252 g/mol. The fraction of sp³-hybridized carbons (Fsp3) is 0.417. The highest BCUT2D eigenvalue weighted by molar-refractivity contribution is 5.77. The average molecular weight is 266 g/mol. The van der Waals surface area contributed by atoms with Crippen molar-refractivity contribution >= 4 is 17.2 Å². The summed E-state index contributed by atoms with van der Waals surface area (Å²) in [5.74, 6) is -1.17. The van der Waals surface area contributed by atoms with Crippen LogP contribution in [-0.4, -0.2) is 35.8 Å². The number of pyridine rings is 1. The number of hydrogen-bond donors (Lipinski definition) is 0. The number of ether oxygens (including phenoxy) is 2. The zero-order valence-corrected chi connectivity index (χ0v) is 10.7. The summed E-state index contributed by atoms with van der Waals surface area (Å²) in [5.41, 5.74) is 0.660. The molecule has 0 amide bonds. The van der Waals surface area contributed by atoms with Crippen LogP contribution in [0.2, 0.25) is 0 Å². The van der Waals surface area contributed by atoms with E-state index >= 15 is 0 Å². The van der Waals surface area contributed by atoms with Crippen molar-refractivity contribution in [2.75, 3.05) is 20.3 Å². The molecule has 2 aromatic heterocycles. The fourth-order valence-corrected chi connectivity index (χ4v) is 1.67. The zero-order chi connectivity index (χ0) is 13.8. The molecule has 0 aliphatic rings. The van der Waals surface area contributed by atoms with Gasteiger partial charge in [0.25, 0.3) is 0 Å². The minimum atomic E-state index is -0.805. The van der Waals surface area contributed by atoms with Crippen molar-refractivity contribution < 1.29 is 18.7 Å². The van der Waals surface area contributed by atoms with Crippen molar-refractivity contribution in [1.82, 2.24) is 9.55 Å². The van der Waals surface area contributed by atoms with Crippen LogP contribution in [0.15, 0.2) is 27.5 Å². The van der Waals surface area contributed by atoms with Crippen LogP contribution >= 0.6 is 0 Å². The van der Waals surface area contributed by atoms with Crippen LogP contribution in [0.4, 0.5) is 0 Å². The van der Waals surface area contributed by atoms with Crippen LogP contribution in [0.1, 0.15) is 13.0 Å². The highest BCUT2D eigenvalue weighted by Crippen LogP contribution is 2.15. The first-order valence-electron chi connectivity index (χ1n) is 5.76. The fourth-order valence-electron chi connectivity index (χ4n) is 1.67. The second-order valence-electron chi connectivity index (χ2n) is 3.90. The van der Waals surface area contributed by atoms with E-state index in [-0.39, 0.29) is 6.61 Å². The first kappa shape index (κ1) is 13.3. The van der Waals surface area contributed by atoms with E-state index in [4.69, 9.17) is 13.9 Å². The molecule has 19 heavy (non-hydrogen) atoms. The molecule has 0 radical (unpaired) electrons. The Balaban J connectivity index is 2.26. The van der Waals surface area contributed by atoms with Gasteiger partial charge in [0.05, 0.1) is 6.61 Å². The standard InChI is InChI=1S/C12H14N2O5/c1-8(11(15)18-7-6-17-2)14-10-9(19-12(14)16)4-3-5-13-10/h3-5,8H,6-7H2,1-2H3. The monoisotopic (exact) mass is 266 g/mol. The predicted molar refractivity (Wildman–Crippen MR) is 65.8 cm³/mol. The molecule has 7 nitrogen and oxygen atoms in total. The molecule has 0 aliphatic carbocycles. The number of fused-ring (bicyclic) bond motifs is 1. The van der Waals surface area contributed by atoms with Gasteiger partial charge in [0.2, 0.25) is 0 Å². The Hall–Kier alpha value is -2.15. The third-order valence-corrected chi connectivity index (χ3v) is 2.63. The molecule has 0 saturated heterocycles. The van der Waals surface area contributed by atoms with Crippen molar-refractivity contribution in [2.45, 2.75) is 13.0 Å². The molecule has 2 rings (SSSR count). The smallest absolute Gasteiger partial charge is 0.422 e. The van der Waals surface area contributed by atoms with Crippen molar-refractivity contribution in [3.63, 3.8) is 0 Å². The van der Waals surface area contributed by atoms with Crippen LogP contribution < -0.4 is 5.76 Å². The quantitative estimate of drug-likeness (QED) is 0.586. The molecule has 0 saturated carbocycles. The molecule has 102 valence electrons. The maximum Gasteiger partial charge on any atom is 0.422 e. The van der Waals surface area contributed by atoms with Crippen LogP contribution in [0.3, 0.4) is 0 Å². The van der Waals surface area contributed by atoms with Crippen LogP contribution in [0, 0.1) is 0 Å². The molecule has 0 N–H and O–H groups in total. The number of carbonyl (C=O) groups excluding carboxylic acids is 1. The number of esters is 1. The summed E-state index contributed by atoms with van der Waals surface area (Å²) < 4.78 is 15.9. The van der Waals surface area contributed by atoms with Gasteiger partial charge in [-0.15, -0.1) is 0 Å². The Morgan fingerprint density at radius 3 is 3.05 bits per heavy atom. The van der Waals surface area contributed by atoms with Crippen molar-refractivity contribution in [1.29, 1.82) is 0 Å². The van der Waals surface area contributed by atoms with Gasteiger partial charge in [-0.05, 0) is 19.1 Å². The van der Waals surface area contributed by atoms with E-state index in [1.165, 1.54) is 17.9 Å². The summed E-state index contributed by atoms with van der Waals surface area (Å²) in [5, 5.41) is 0. The number of oxazole rings is 1. The summed E-state index contributed by atoms with van der Waals surface area (Å²) >= 11 is 0. The average Bonchev–Trinajstić information content (AvgIpc) is 2.74. The molecule has 0 fully saturated rings. The number of aromatic nitrogens is 2. The Kier molecular flexibility index (Phi) is 3.96. The SMILES string of the molecule is COCCOC(=O)C(C)n1c(=O)oc2cccnc21. The third-order valence-electron chi connectivity index (χ3n) is 2.63. The lowest BCUT2D eigenvalue weighted by molar-refractivity contribution is -0.148. The topological polar surface area (TPSA) is 83.6 Å². The van der Waals surface area contributed by atoms with Gasteiger partial charge >= 0.3 is 11.7 Å². The van der Waals surface area contributed by atoms with Crippen LogP contribution in [-0.2, 0) is 14.3 Å². The first-order chi connectivity index (χ1) is 9.15. The lowest BCUT2D eigenvalue weighted by Gasteiger charge is -2.11. The highest BCUT2D eigenvalue weighted by Gasteiger charge is 2.23. The molecule has 1 atom stereocenters. The van der Waals surface area contributed by atoms with E-state index in [1.54, 1.807) is 19.1 Å². The van der Waals surface area contributed by atoms with Gasteiger partial charge in [0.1, 0.15) is 12.6 Å². The Labute approximate surface area is 108 Å². The minimum Gasteiger partial charge on any atom is -0.462 e. The van der Waals surface area contributed by atoms with Gasteiger partial charge in [-0.25, -0.2) is 19.1 Å². The summed E-state index contributed by atoms with van der Waals surface area (Å²) in [6.45, 7) is 2.00. The molecular formula is C12H14N2O5. The lowest BCUT2D eigenvalue weighted by Crippen LogP contribution is -2.27. The van der Waals surface area contributed by atoms with Gasteiger partial charge in [-0.2, -0.15) is 0 Å². The van der Waals surface area contributed by atoms with E-state index in [9.17, 15) is 9.59 Å². The zero-order valence-electron chi connectivity index (χ0n) is 10.7. The van der Waals surface area contributed by atoms with E-state index in [1.807, 2.05) is 0 Å². The largest absolute Gasteiger partial charge is 0.462 e. The normalized spacial score (nSPS) is 12.5. The van der Waals surface area contributed by atoms with Gasteiger partial charge in [-0.1, -0.05) is 0 Å². The molecule has 0 bridgehead atoms. The van der Waals surface area contributed by atoms with Crippen molar-refractivity contribution in [2.24, 2.45) is 0 Å². The molecule has 0 aliphatic heterocycles. The Morgan fingerprint density at radius 2 is 2.32 bits per heavy atom. The second kappa shape index (κ2) is 5.66. The van der Waals surface area contributed by atoms with Gasteiger partial charge in [0, 0.05) is 13.3 Å². The third kappa shape index (κ3) is 2.65. The van der Waals surface area contributed by atoms with Crippen LogP contribution in [0.25, 0.3) is 11.2 Å². The van der Waals surface area contributed by atoms with Crippen LogP contribution in [0.5, 0.6) is 0 Å². The number of hydrogen-bond acceptors (Lipinski definition) is 6. The maximum absolute atomic E-state index is 11.8. The molecule has 2 heterocycles. The van der Waals surface area contributed by atoms with E-state index in [0.717, 1.165) is 0 Å². The minimum absolute atomic E-state index is 0.137. The number of methoxy groups -OCH3 is 1. The summed E-state index contributed by atoms with van der Waals surface area (Å²) in [7, 11) is 1.51.